The van der Waals surface area contributed by atoms with E-state index in [2.05, 4.69) is 10.6 Å². The lowest BCUT2D eigenvalue weighted by Gasteiger charge is -2.18. The van der Waals surface area contributed by atoms with Gasteiger partial charge in [-0.3, -0.25) is 9.59 Å². The lowest BCUT2D eigenvalue weighted by atomic mass is 9.99. The molecule has 0 aliphatic carbocycles. The number of carbonyl (C=O) groups excluding carboxylic acids is 2. The Morgan fingerprint density at radius 2 is 2.10 bits per heavy atom. The smallest absolute Gasteiger partial charge is 0.257 e. The highest BCUT2D eigenvalue weighted by Crippen LogP contribution is 2.18. The fraction of sp³-hybridized carbons (Fsp3) is 0.467. The van der Waals surface area contributed by atoms with E-state index in [0.717, 1.165) is 6.42 Å². The second kappa shape index (κ2) is 8.26. The number of hydrogen-bond donors (Lipinski definition) is 3. The molecule has 6 heteroatoms. The van der Waals surface area contributed by atoms with Crippen molar-refractivity contribution in [1.29, 1.82) is 0 Å². The van der Waals surface area contributed by atoms with E-state index in [9.17, 15) is 9.59 Å². The van der Waals surface area contributed by atoms with Crippen LogP contribution in [0.5, 0.6) is 5.75 Å². The van der Waals surface area contributed by atoms with Crippen LogP contribution in [0.2, 0.25) is 0 Å². The Morgan fingerprint density at radius 1 is 1.38 bits per heavy atom. The molecule has 0 saturated carbocycles. The molecule has 6 nitrogen and oxygen atoms in total. The van der Waals surface area contributed by atoms with Gasteiger partial charge in [0.15, 0.2) is 6.61 Å². The van der Waals surface area contributed by atoms with Gasteiger partial charge in [-0.05, 0) is 18.1 Å². The van der Waals surface area contributed by atoms with Crippen LogP contribution in [0.1, 0.15) is 20.3 Å². The van der Waals surface area contributed by atoms with Crippen molar-refractivity contribution in [2.75, 3.05) is 19.0 Å². The molecule has 1 unspecified atom stereocenters. The second-order valence-electron chi connectivity index (χ2n) is 4.89. The average molecular weight is 293 g/mol. The molecule has 0 heterocycles. The molecule has 2 atom stereocenters. The van der Waals surface area contributed by atoms with Crippen LogP contribution in [0, 0.1) is 5.92 Å². The third-order valence-electron chi connectivity index (χ3n) is 3.31. The fourth-order valence-electron chi connectivity index (χ4n) is 1.62. The number of likely N-dealkylation sites (N-methyl/N-ethyl adjacent to an activating group) is 1. The number of carbonyl (C=O) groups is 2. The predicted octanol–water partition coefficient (Wildman–Crippen LogP) is 1.12. The van der Waals surface area contributed by atoms with Crippen LogP contribution >= 0.6 is 0 Å². The third kappa shape index (κ3) is 5.43. The first-order valence-electron chi connectivity index (χ1n) is 6.97. The molecule has 1 aromatic rings. The van der Waals surface area contributed by atoms with Crippen LogP contribution in [0.15, 0.2) is 24.3 Å². The molecule has 0 saturated heterocycles. The van der Waals surface area contributed by atoms with E-state index in [1.54, 1.807) is 31.3 Å². The van der Waals surface area contributed by atoms with E-state index >= 15 is 0 Å². The van der Waals surface area contributed by atoms with E-state index in [0.29, 0.717) is 11.4 Å². The number of nitrogens with one attached hydrogen (secondary N) is 2. The van der Waals surface area contributed by atoms with Crippen LogP contribution in [0.4, 0.5) is 5.69 Å². The molecular weight excluding hydrogens is 270 g/mol. The molecule has 0 fully saturated rings. The maximum Gasteiger partial charge on any atom is 0.257 e. The minimum absolute atomic E-state index is 0.0692. The fourth-order valence-corrected chi connectivity index (χ4v) is 1.62. The highest BCUT2D eigenvalue weighted by atomic mass is 16.5. The summed E-state index contributed by atoms with van der Waals surface area (Å²) in [6.07, 6.45) is 0.837. The van der Waals surface area contributed by atoms with Gasteiger partial charge in [0.05, 0.1) is 6.04 Å². The molecule has 0 spiro atoms. The van der Waals surface area contributed by atoms with Crippen molar-refractivity contribution in [3.05, 3.63) is 24.3 Å². The van der Waals surface area contributed by atoms with E-state index in [1.165, 1.54) is 0 Å². The van der Waals surface area contributed by atoms with Crippen molar-refractivity contribution in [3.63, 3.8) is 0 Å². The van der Waals surface area contributed by atoms with Crippen LogP contribution < -0.4 is 21.1 Å². The lowest BCUT2D eigenvalue weighted by molar-refractivity contribution is -0.122. The van der Waals surface area contributed by atoms with E-state index in [4.69, 9.17) is 10.5 Å². The summed E-state index contributed by atoms with van der Waals surface area (Å²) in [7, 11) is 1.54. The number of rotatable bonds is 7. The summed E-state index contributed by atoms with van der Waals surface area (Å²) in [5, 5.41) is 5.22. The van der Waals surface area contributed by atoms with Gasteiger partial charge in [-0.15, -0.1) is 0 Å². The summed E-state index contributed by atoms with van der Waals surface area (Å²) < 4.78 is 5.32. The van der Waals surface area contributed by atoms with Crippen LogP contribution in [-0.4, -0.2) is 31.5 Å². The number of benzene rings is 1. The summed E-state index contributed by atoms with van der Waals surface area (Å²) in [4.78, 5) is 23.1. The number of ether oxygens (including phenoxy) is 1. The molecular formula is C15H23N3O3. The Balaban J connectivity index is 2.64. The molecule has 0 aliphatic heterocycles. The molecule has 0 aliphatic rings. The van der Waals surface area contributed by atoms with E-state index in [-0.39, 0.29) is 24.3 Å². The van der Waals surface area contributed by atoms with Crippen molar-refractivity contribution in [2.45, 2.75) is 26.3 Å². The van der Waals surface area contributed by atoms with Gasteiger partial charge in [0, 0.05) is 18.8 Å². The monoisotopic (exact) mass is 293 g/mol. The molecule has 2 amide bonds. The van der Waals surface area contributed by atoms with Gasteiger partial charge >= 0.3 is 0 Å². The first kappa shape index (κ1) is 17.0. The van der Waals surface area contributed by atoms with Crippen LogP contribution in [0.25, 0.3) is 0 Å². The largest absolute Gasteiger partial charge is 0.484 e. The summed E-state index contributed by atoms with van der Waals surface area (Å²) in [5.41, 5.74) is 6.47. The van der Waals surface area contributed by atoms with Crippen LogP contribution in [-0.2, 0) is 9.59 Å². The summed E-state index contributed by atoms with van der Waals surface area (Å²) in [5.74, 6) is 0.169. The zero-order valence-electron chi connectivity index (χ0n) is 12.7. The van der Waals surface area contributed by atoms with Crippen molar-refractivity contribution in [3.8, 4) is 5.75 Å². The van der Waals surface area contributed by atoms with Crippen molar-refractivity contribution >= 4 is 17.5 Å². The Hall–Kier alpha value is -2.08. The Bertz CT molecular complexity index is 491. The van der Waals surface area contributed by atoms with Gasteiger partial charge in [-0.1, -0.05) is 26.3 Å². The van der Waals surface area contributed by atoms with E-state index in [1.807, 2.05) is 13.8 Å². The van der Waals surface area contributed by atoms with E-state index < -0.39 is 6.04 Å². The third-order valence-corrected chi connectivity index (χ3v) is 3.31. The molecule has 1 rings (SSSR count). The van der Waals surface area contributed by atoms with Gasteiger partial charge in [0.25, 0.3) is 5.91 Å². The molecule has 0 bridgehead atoms. The second-order valence-corrected chi connectivity index (χ2v) is 4.89. The van der Waals surface area contributed by atoms with Crippen molar-refractivity contribution in [2.24, 2.45) is 11.7 Å². The Kier molecular flexibility index (Phi) is 6.68. The normalized spacial score (nSPS) is 13.1. The molecule has 116 valence electrons. The summed E-state index contributed by atoms with van der Waals surface area (Å²) in [6.45, 7) is 3.86. The van der Waals surface area contributed by atoms with Crippen molar-refractivity contribution < 1.29 is 14.3 Å². The topological polar surface area (TPSA) is 93.5 Å². The number of nitrogens with two attached hydrogens (primary N) is 1. The predicted molar refractivity (Wildman–Crippen MR) is 82.1 cm³/mol. The SMILES string of the molecule is CCC(C)[C@H](N)C(=O)Nc1cccc(OCC(=O)NC)c1. The van der Waals surface area contributed by atoms with Gasteiger partial charge in [0.2, 0.25) is 5.91 Å². The zero-order valence-corrected chi connectivity index (χ0v) is 12.7. The molecule has 0 radical (unpaired) electrons. The highest BCUT2D eigenvalue weighted by molar-refractivity contribution is 5.95. The Morgan fingerprint density at radius 3 is 2.71 bits per heavy atom. The maximum atomic E-state index is 12.0. The zero-order chi connectivity index (χ0) is 15.8. The summed E-state index contributed by atoms with van der Waals surface area (Å²) >= 11 is 0. The standard InChI is InChI=1S/C15H23N3O3/c1-4-10(2)14(16)15(20)18-11-6-5-7-12(8-11)21-9-13(19)17-3/h5-8,10,14H,4,9,16H2,1-3H3,(H,17,19)(H,18,20)/t10?,14-/m0/s1. The van der Waals surface area contributed by atoms with Gasteiger partial charge in [0.1, 0.15) is 5.75 Å². The first-order valence-corrected chi connectivity index (χ1v) is 6.97. The van der Waals surface area contributed by atoms with Crippen LogP contribution in [0.3, 0.4) is 0 Å². The van der Waals surface area contributed by atoms with Crippen molar-refractivity contribution in [1.82, 2.24) is 5.32 Å². The lowest BCUT2D eigenvalue weighted by Crippen LogP contribution is -2.40. The molecule has 0 aromatic heterocycles. The highest BCUT2D eigenvalue weighted by Gasteiger charge is 2.19. The minimum Gasteiger partial charge on any atom is -0.484 e. The number of amides is 2. The molecule has 21 heavy (non-hydrogen) atoms. The minimum atomic E-state index is -0.551. The quantitative estimate of drug-likeness (QED) is 0.702. The first-order chi connectivity index (χ1) is 9.97. The Labute approximate surface area is 125 Å². The number of hydrogen-bond acceptors (Lipinski definition) is 4. The number of anilines is 1. The summed E-state index contributed by atoms with van der Waals surface area (Å²) in [6, 6.07) is 6.31. The molecule has 4 N–H and O–H groups in total. The molecule has 1 aromatic carbocycles. The van der Waals surface area contributed by atoms with Gasteiger partial charge < -0.3 is 21.1 Å². The van der Waals surface area contributed by atoms with Gasteiger partial charge in [-0.25, -0.2) is 0 Å². The maximum absolute atomic E-state index is 12.0. The van der Waals surface area contributed by atoms with Gasteiger partial charge in [-0.2, -0.15) is 0 Å². The average Bonchev–Trinajstić information content (AvgIpc) is 2.51.